The Bertz CT molecular complexity index is 295. The van der Waals surface area contributed by atoms with Gasteiger partial charge in [0, 0.05) is 25.5 Å². The SMILES string of the molecule is CCCC(N)CCN(C)Cc1nccn1C. The average molecular weight is 224 g/mol. The molecule has 1 rings (SSSR count). The van der Waals surface area contributed by atoms with Crippen molar-refractivity contribution >= 4 is 0 Å². The Morgan fingerprint density at radius 3 is 2.81 bits per heavy atom. The number of nitrogens with zero attached hydrogens (tertiary/aromatic N) is 3. The third kappa shape index (κ3) is 4.33. The van der Waals surface area contributed by atoms with Crippen LogP contribution in [0.1, 0.15) is 32.0 Å². The summed E-state index contributed by atoms with van der Waals surface area (Å²) in [6.07, 6.45) is 7.17. The zero-order chi connectivity index (χ0) is 12.0. The highest BCUT2D eigenvalue weighted by Crippen LogP contribution is 2.03. The normalized spacial score (nSPS) is 13.3. The fourth-order valence-electron chi connectivity index (χ4n) is 1.77. The van der Waals surface area contributed by atoms with Gasteiger partial charge in [-0.15, -0.1) is 0 Å². The molecule has 0 saturated carbocycles. The van der Waals surface area contributed by atoms with E-state index in [1.807, 2.05) is 19.4 Å². The van der Waals surface area contributed by atoms with Crippen LogP contribution in [0.3, 0.4) is 0 Å². The Labute approximate surface area is 98.5 Å². The Hall–Kier alpha value is -0.870. The van der Waals surface area contributed by atoms with E-state index in [9.17, 15) is 0 Å². The molecule has 0 amide bonds. The lowest BCUT2D eigenvalue weighted by Crippen LogP contribution is -2.28. The summed E-state index contributed by atoms with van der Waals surface area (Å²) in [6, 6.07) is 0.342. The lowest BCUT2D eigenvalue weighted by atomic mass is 10.1. The summed E-state index contributed by atoms with van der Waals surface area (Å²) in [7, 11) is 4.15. The number of hydrogen-bond donors (Lipinski definition) is 1. The summed E-state index contributed by atoms with van der Waals surface area (Å²) >= 11 is 0. The fourth-order valence-corrected chi connectivity index (χ4v) is 1.77. The first-order valence-electron chi connectivity index (χ1n) is 6.03. The van der Waals surface area contributed by atoms with Crippen LogP contribution < -0.4 is 5.73 Å². The van der Waals surface area contributed by atoms with Crippen LogP contribution in [0.4, 0.5) is 0 Å². The molecule has 16 heavy (non-hydrogen) atoms. The molecule has 92 valence electrons. The molecule has 0 aliphatic rings. The predicted octanol–water partition coefficient (Wildman–Crippen LogP) is 1.37. The van der Waals surface area contributed by atoms with E-state index in [1.165, 1.54) is 6.42 Å². The van der Waals surface area contributed by atoms with Gasteiger partial charge in [-0.05, 0) is 26.4 Å². The molecule has 1 aromatic rings. The van der Waals surface area contributed by atoms with Gasteiger partial charge in [0.25, 0.3) is 0 Å². The van der Waals surface area contributed by atoms with E-state index in [1.54, 1.807) is 0 Å². The second-order valence-corrected chi connectivity index (χ2v) is 4.53. The molecule has 0 bridgehead atoms. The van der Waals surface area contributed by atoms with Crippen LogP contribution in [-0.2, 0) is 13.6 Å². The number of hydrogen-bond acceptors (Lipinski definition) is 3. The van der Waals surface area contributed by atoms with Crippen LogP contribution in [0.15, 0.2) is 12.4 Å². The molecule has 4 nitrogen and oxygen atoms in total. The summed E-state index contributed by atoms with van der Waals surface area (Å²) in [5, 5.41) is 0. The van der Waals surface area contributed by atoms with Crippen LogP contribution in [-0.4, -0.2) is 34.1 Å². The van der Waals surface area contributed by atoms with Gasteiger partial charge in [-0.1, -0.05) is 13.3 Å². The van der Waals surface area contributed by atoms with Crippen molar-refractivity contribution in [3.8, 4) is 0 Å². The highest BCUT2D eigenvalue weighted by molar-refractivity contribution is 4.90. The van der Waals surface area contributed by atoms with Crippen molar-refractivity contribution in [2.45, 2.75) is 38.8 Å². The topological polar surface area (TPSA) is 47.1 Å². The monoisotopic (exact) mass is 224 g/mol. The molecule has 0 aliphatic carbocycles. The summed E-state index contributed by atoms with van der Waals surface area (Å²) in [5.74, 6) is 1.10. The van der Waals surface area contributed by atoms with E-state index < -0.39 is 0 Å². The van der Waals surface area contributed by atoms with Crippen molar-refractivity contribution in [3.05, 3.63) is 18.2 Å². The Morgan fingerprint density at radius 1 is 1.50 bits per heavy atom. The quantitative estimate of drug-likeness (QED) is 0.761. The summed E-state index contributed by atoms with van der Waals surface area (Å²) in [4.78, 5) is 6.58. The molecule has 4 heteroatoms. The highest BCUT2D eigenvalue weighted by Gasteiger charge is 2.06. The van der Waals surface area contributed by atoms with Gasteiger partial charge in [-0.3, -0.25) is 4.90 Å². The van der Waals surface area contributed by atoms with Crippen LogP contribution in [0, 0.1) is 0 Å². The van der Waals surface area contributed by atoms with Gasteiger partial charge in [0.1, 0.15) is 5.82 Å². The molecular formula is C12H24N4. The minimum Gasteiger partial charge on any atom is -0.337 e. The average Bonchev–Trinajstić information content (AvgIpc) is 2.62. The third-order valence-corrected chi connectivity index (χ3v) is 2.87. The van der Waals surface area contributed by atoms with Crippen molar-refractivity contribution in [2.24, 2.45) is 12.8 Å². The van der Waals surface area contributed by atoms with Gasteiger partial charge in [0.05, 0.1) is 6.54 Å². The molecule has 0 fully saturated rings. The van der Waals surface area contributed by atoms with Crippen LogP contribution in [0.5, 0.6) is 0 Å². The lowest BCUT2D eigenvalue weighted by Gasteiger charge is -2.18. The van der Waals surface area contributed by atoms with E-state index in [2.05, 4.69) is 28.4 Å². The molecule has 1 aromatic heterocycles. The number of aromatic nitrogens is 2. The van der Waals surface area contributed by atoms with E-state index in [-0.39, 0.29) is 0 Å². The van der Waals surface area contributed by atoms with Gasteiger partial charge in [-0.25, -0.2) is 4.98 Å². The maximum Gasteiger partial charge on any atom is 0.122 e. The molecule has 0 saturated heterocycles. The van der Waals surface area contributed by atoms with Crippen LogP contribution >= 0.6 is 0 Å². The summed E-state index contributed by atoms with van der Waals surface area (Å²) in [5.41, 5.74) is 5.99. The van der Waals surface area contributed by atoms with Crippen molar-refractivity contribution in [2.75, 3.05) is 13.6 Å². The van der Waals surface area contributed by atoms with Gasteiger partial charge >= 0.3 is 0 Å². The maximum absolute atomic E-state index is 5.99. The molecule has 0 spiro atoms. The zero-order valence-corrected chi connectivity index (χ0v) is 10.7. The highest BCUT2D eigenvalue weighted by atomic mass is 15.1. The molecule has 1 unspecified atom stereocenters. The van der Waals surface area contributed by atoms with Gasteiger partial charge in [0.15, 0.2) is 0 Å². The predicted molar refractivity (Wildman–Crippen MR) is 67.0 cm³/mol. The summed E-state index contributed by atoms with van der Waals surface area (Å²) < 4.78 is 2.06. The van der Waals surface area contributed by atoms with Crippen molar-refractivity contribution in [3.63, 3.8) is 0 Å². The van der Waals surface area contributed by atoms with Crippen molar-refractivity contribution in [1.29, 1.82) is 0 Å². The maximum atomic E-state index is 5.99. The Morgan fingerprint density at radius 2 is 2.25 bits per heavy atom. The fraction of sp³-hybridized carbons (Fsp3) is 0.750. The van der Waals surface area contributed by atoms with E-state index in [4.69, 9.17) is 5.73 Å². The van der Waals surface area contributed by atoms with Crippen LogP contribution in [0.2, 0.25) is 0 Å². The van der Waals surface area contributed by atoms with Gasteiger partial charge in [-0.2, -0.15) is 0 Å². The number of aryl methyl sites for hydroxylation is 1. The first-order valence-corrected chi connectivity index (χ1v) is 6.03. The van der Waals surface area contributed by atoms with E-state index in [0.717, 1.165) is 31.8 Å². The Kier molecular flexibility index (Phi) is 5.49. The second-order valence-electron chi connectivity index (χ2n) is 4.53. The summed E-state index contributed by atoms with van der Waals surface area (Å²) in [6.45, 7) is 4.10. The van der Waals surface area contributed by atoms with Crippen LogP contribution in [0.25, 0.3) is 0 Å². The molecule has 0 aliphatic heterocycles. The van der Waals surface area contributed by atoms with Gasteiger partial charge < -0.3 is 10.3 Å². The second kappa shape index (κ2) is 6.66. The minimum atomic E-state index is 0.342. The first-order chi connectivity index (χ1) is 7.63. The molecule has 1 heterocycles. The number of nitrogens with two attached hydrogens (primary N) is 1. The number of imidazole rings is 1. The van der Waals surface area contributed by atoms with Crippen molar-refractivity contribution < 1.29 is 0 Å². The first kappa shape index (κ1) is 13.2. The molecule has 1 atom stereocenters. The van der Waals surface area contributed by atoms with Gasteiger partial charge in [0.2, 0.25) is 0 Å². The Balaban J connectivity index is 2.26. The van der Waals surface area contributed by atoms with E-state index in [0.29, 0.717) is 6.04 Å². The smallest absolute Gasteiger partial charge is 0.122 e. The molecule has 2 N–H and O–H groups in total. The standard InChI is InChI=1S/C12H24N4/c1-4-5-11(13)6-8-15(2)10-12-14-7-9-16(12)3/h7,9,11H,4-6,8,10,13H2,1-3H3. The largest absolute Gasteiger partial charge is 0.337 e. The number of rotatable bonds is 7. The third-order valence-electron chi connectivity index (χ3n) is 2.87. The molecule has 0 radical (unpaired) electrons. The molecular weight excluding hydrogens is 200 g/mol. The van der Waals surface area contributed by atoms with Crippen molar-refractivity contribution in [1.82, 2.24) is 14.5 Å². The molecule has 0 aromatic carbocycles. The lowest BCUT2D eigenvalue weighted by molar-refractivity contribution is 0.297. The van der Waals surface area contributed by atoms with E-state index >= 15 is 0 Å². The zero-order valence-electron chi connectivity index (χ0n) is 10.7. The minimum absolute atomic E-state index is 0.342.